The Bertz CT molecular complexity index is 1530. The number of imide groups is 1. The van der Waals surface area contributed by atoms with Gasteiger partial charge in [0.15, 0.2) is 11.5 Å². The normalized spacial score (nSPS) is 14.3. The number of nitrogens with zero attached hydrogens (tertiary/aromatic N) is 1. The minimum absolute atomic E-state index is 0.158. The Balaban J connectivity index is 1.28. The number of carbonyl (C=O) groups is 2. The Morgan fingerprint density at radius 3 is 2.46 bits per heavy atom. The van der Waals surface area contributed by atoms with E-state index in [0.717, 1.165) is 39.4 Å². The molecule has 4 aromatic rings. The van der Waals surface area contributed by atoms with Gasteiger partial charge in [-0.2, -0.15) is 0 Å². The van der Waals surface area contributed by atoms with Gasteiger partial charge in [-0.25, -0.2) is 0 Å². The Kier molecular flexibility index (Phi) is 8.54. The van der Waals surface area contributed by atoms with Crippen LogP contribution in [0.4, 0.5) is 4.79 Å². The topological polar surface area (TPSA) is 65.1 Å². The van der Waals surface area contributed by atoms with Gasteiger partial charge in [-0.15, -0.1) is 0 Å². The van der Waals surface area contributed by atoms with E-state index in [4.69, 9.17) is 14.2 Å². The van der Waals surface area contributed by atoms with Crippen molar-refractivity contribution in [2.45, 2.75) is 13.5 Å². The first-order valence-electron chi connectivity index (χ1n) is 12.5. The number of benzene rings is 4. The van der Waals surface area contributed by atoms with Gasteiger partial charge in [-0.05, 0) is 75.4 Å². The largest absolute Gasteiger partial charge is 0.491 e. The highest BCUT2D eigenvalue weighted by Crippen LogP contribution is 2.39. The summed E-state index contributed by atoms with van der Waals surface area (Å²) in [6.45, 7) is 3.09. The van der Waals surface area contributed by atoms with Crippen molar-refractivity contribution in [1.29, 1.82) is 0 Å². The van der Waals surface area contributed by atoms with E-state index in [0.29, 0.717) is 34.1 Å². The van der Waals surface area contributed by atoms with E-state index in [1.807, 2.05) is 91.9 Å². The van der Waals surface area contributed by atoms with Crippen molar-refractivity contribution < 1.29 is 23.8 Å². The summed E-state index contributed by atoms with van der Waals surface area (Å²) < 4.78 is 18.5. The van der Waals surface area contributed by atoms with Crippen molar-refractivity contribution >= 4 is 55.7 Å². The first-order valence-corrected chi connectivity index (χ1v) is 14.1. The molecule has 0 unspecified atom stereocenters. The second-order valence-corrected chi connectivity index (χ2v) is 10.5. The predicted molar refractivity (Wildman–Crippen MR) is 158 cm³/mol. The molecule has 198 valence electrons. The van der Waals surface area contributed by atoms with E-state index in [2.05, 4.69) is 15.9 Å². The molecule has 0 atom stereocenters. The molecular formula is C31H26BrNO5S. The van der Waals surface area contributed by atoms with E-state index >= 15 is 0 Å². The van der Waals surface area contributed by atoms with Crippen LogP contribution in [-0.2, 0) is 11.4 Å². The SMILES string of the molecule is CCOc1cc(/C=C2\SC(=O)N(CCOc3cccc4ccccc34)C2=O)cc(Br)c1OCc1ccccc1. The van der Waals surface area contributed by atoms with Gasteiger partial charge >= 0.3 is 0 Å². The van der Waals surface area contributed by atoms with E-state index in [1.54, 1.807) is 6.08 Å². The Morgan fingerprint density at radius 1 is 0.872 bits per heavy atom. The number of hydrogen-bond acceptors (Lipinski definition) is 6. The molecule has 6 nitrogen and oxygen atoms in total. The van der Waals surface area contributed by atoms with Crippen molar-refractivity contribution in [3.8, 4) is 17.2 Å². The third-order valence-electron chi connectivity index (χ3n) is 6.05. The highest BCUT2D eigenvalue weighted by atomic mass is 79.9. The van der Waals surface area contributed by atoms with Gasteiger partial charge in [0.05, 0.1) is 22.5 Å². The third kappa shape index (κ3) is 6.29. The lowest BCUT2D eigenvalue weighted by Crippen LogP contribution is -2.32. The fourth-order valence-electron chi connectivity index (χ4n) is 4.22. The molecule has 1 heterocycles. The molecule has 2 amide bonds. The van der Waals surface area contributed by atoms with E-state index in [1.165, 1.54) is 4.90 Å². The lowest BCUT2D eigenvalue weighted by atomic mass is 10.1. The molecule has 5 rings (SSSR count). The summed E-state index contributed by atoms with van der Waals surface area (Å²) in [5, 5.41) is 1.73. The molecule has 0 bridgehead atoms. The third-order valence-corrected chi connectivity index (χ3v) is 7.55. The zero-order valence-electron chi connectivity index (χ0n) is 21.3. The maximum atomic E-state index is 13.1. The van der Waals surface area contributed by atoms with Crippen LogP contribution in [0.25, 0.3) is 16.8 Å². The molecule has 0 saturated carbocycles. The molecule has 39 heavy (non-hydrogen) atoms. The first-order chi connectivity index (χ1) is 19.0. The van der Waals surface area contributed by atoms with E-state index in [9.17, 15) is 9.59 Å². The lowest BCUT2D eigenvalue weighted by Gasteiger charge is -2.15. The summed E-state index contributed by atoms with van der Waals surface area (Å²) in [4.78, 5) is 27.3. The maximum absolute atomic E-state index is 13.1. The van der Waals surface area contributed by atoms with E-state index < -0.39 is 0 Å². The number of hydrogen-bond donors (Lipinski definition) is 0. The molecule has 1 saturated heterocycles. The number of thioether (sulfide) groups is 1. The van der Waals surface area contributed by atoms with Crippen LogP contribution in [0.3, 0.4) is 0 Å². The Hall–Kier alpha value is -3.75. The summed E-state index contributed by atoms with van der Waals surface area (Å²) in [6, 6.07) is 27.3. The average molecular weight is 605 g/mol. The monoisotopic (exact) mass is 603 g/mol. The van der Waals surface area contributed by atoms with Crippen LogP contribution in [0.2, 0.25) is 0 Å². The van der Waals surface area contributed by atoms with Crippen LogP contribution in [0, 0.1) is 0 Å². The van der Waals surface area contributed by atoms with Crippen LogP contribution >= 0.6 is 27.7 Å². The van der Waals surface area contributed by atoms with Gasteiger partial charge in [0.2, 0.25) is 0 Å². The summed E-state index contributed by atoms with van der Waals surface area (Å²) in [5.41, 5.74) is 1.75. The van der Waals surface area contributed by atoms with E-state index in [-0.39, 0.29) is 24.3 Å². The molecule has 0 radical (unpaired) electrons. The fraction of sp³-hybridized carbons (Fsp3) is 0.161. The van der Waals surface area contributed by atoms with Crippen molar-refractivity contribution in [3.05, 3.63) is 105 Å². The van der Waals surface area contributed by atoms with Gasteiger partial charge < -0.3 is 14.2 Å². The molecule has 0 spiro atoms. The zero-order chi connectivity index (χ0) is 27.2. The fourth-order valence-corrected chi connectivity index (χ4v) is 5.66. The highest BCUT2D eigenvalue weighted by molar-refractivity contribution is 9.10. The number of amides is 2. The molecule has 4 aromatic carbocycles. The quantitative estimate of drug-likeness (QED) is 0.173. The van der Waals surface area contributed by atoms with Gasteiger partial charge in [-0.1, -0.05) is 66.7 Å². The summed E-state index contributed by atoms with van der Waals surface area (Å²) in [6.07, 6.45) is 1.70. The van der Waals surface area contributed by atoms with Crippen LogP contribution in [0.5, 0.6) is 17.2 Å². The van der Waals surface area contributed by atoms with Crippen LogP contribution in [0.15, 0.2) is 94.3 Å². The first kappa shape index (κ1) is 26.8. The molecule has 0 N–H and O–H groups in total. The minimum Gasteiger partial charge on any atom is -0.491 e. The highest BCUT2D eigenvalue weighted by Gasteiger charge is 2.35. The molecule has 1 aliphatic rings. The average Bonchev–Trinajstić information content (AvgIpc) is 3.20. The smallest absolute Gasteiger partial charge is 0.293 e. The van der Waals surface area contributed by atoms with Crippen molar-refractivity contribution in [3.63, 3.8) is 0 Å². The molecule has 1 aliphatic heterocycles. The van der Waals surface area contributed by atoms with Gasteiger partial charge in [0, 0.05) is 5.39 Å². The molecule has 1 fully saturated rings. The molecule has 0 aliphatic carbocycles. The van der Waals surface area contributed by atoms with Crippen molar-refractivity contribution in [2.24, 2.45) is 0 Å². The molecule has 8 heteroatoms. The van der Waals surface area contributed by atoms with Crippen molar-refractivity contribution in [2.75, 3.05) is 19.8 Å². The summed E-state index contributed by atoms with van der Waals surface area (Å²) >= 11 is 4.50. The number of ether oxygens (including phenoxy) is 3. The minimum atomic E-state index is -0.343. The van der Waals surface area contributed by atoms with Gasteiger partial charge in [-0.3, -0.25) is 14.5 Å². The second kappa shape index (κ2) is 12.4. The molecular weight excluding hydrogens is 578 g/mol. The Labute approximate surface area is 239 Å². The van der Waals surface area contributed by atoms with Crippen LogP contribution < -0.4 is 14.2 Å². The van der Waals surface area contributed by atoms with Crippen LogP contribution in [-0.4, -0.2) is 35.8 Å². The number of halogens is 1. The predicted octanol–water partition coefficient (Wildman–Crippen LogP) is 7.70. The van der Waals surface area contributed by atoms with Crippen molar-refractivity contribution in [1.82, 2.24) is 4.90 Å². The Morgan fingerprint density at radius 2 is 1.64 bits per heavy atom. The lowest BCUT2D eigenvalue weighted by molar-refractivity contribution is -0.123. The number of carbonyl (C=O) groups excluding carboxylic acids is 2. The standard InChI is InChI=1S/C31H26BrNO5S/c1-2-36-27-18-22(17-25(32)29(27)38-20-21-9-4-3-5-10-21)19-28-30(34)33(31(35)39-28)15-16-37-26-14-8-12-23-11-6-7-13-24(23)26/h3-14,17-19H,2,15-16,20H2,1H3/b28-19-. The van der Waals surface area contributed by atoms with Crippen LogP contribution in [0.1, 0.15) is 18.1 Å². The second-order valence-electron chi connectivity index (χ2n) is 8.70. The summed E-state index contributed by atoms with van der Waals surface area (Å²) in [7, 11) is 0. The summed E-state index contributed by atoms with van der Waals surface area (Å²) in [5.74, 6) is 1.51. The van der Waals surface area contributed by atoms with Gasteiger partial charge in [0.25, 0.3) is 11.1 Å². The maximum Gasteiger partial charge on any atom is 0.293 e. The number of fused-ring (bicyclic) bond motifs is 1. The molecule has 0 aromatic heterocycles. The number of rotatable bonds is 10. The zero-order valence-corrected chi connectivity index (χ0v) is 23.7. The van der Waals surface area contributed by atoms with Gasteiger partial charge in [0.1, 0.15) is 19.0 Å².